The molecule has 0 aliphatic carbocycles. The fraction of sp³-hybridized carbons (Fsp3) is 0.200. The molecule has 2 aromatic carbocycles. The molecule has 0 aliphatic rings. The van der Waals surface area contributed by atoms with Crippen molar-refractivity contribution in [3.05, 3.63) is 68.9 Å². The monoisotopic (exact) mass is 341 g/mol. The standard InChI is InChI=1S/C15H14BrClFN/c1-19-15(8-10-4-2-3-5-13(10)16)12-7-6-11(18)9-14(12)17/h2-7,9,15,19H,8H2,1H3. The quantitative estimate of drug-likeness (QED) is 0.846. The summed E-state index contributed by atoms with van der Waals surface area (Å²) in [6, 6.07) is 12.6. The van der Waals surface area contributed by atoms with Crippen molar-refractivity contribution in [2.45, 2.75) is 12.5 Å². The Morgan fingerprint density at radius 1 is 1.26 bits per heavy atom. The van der Waals surface area contributed by atoms with Crippen molar-refractivity contribution in [2.75, 3.05) is 7.05 Å². The molecule has 0 amide bonds. The number of benzene rings is 2. The van der Waals surface area contributed by atoms with Gasteiger partial charge in [-0.1, -0.05) is 51.8 Å². The Hall–Kier alpha value is -0.900. The van der Waals surface area contributed by atoms with Gasteiger partial charge in [-0.2, -0.15) is 0 Å². The molecule has 19 heavy (non-hydrogen) atoms. The zero-order valence-electron chi connectivity index (χ0n) is 10.5. The Bertz CT molecular complexity index is 574. The smallest absolute Gasteiger partial charge is 0.124 e. The summed E-state index contributed by atoms with van der Waals surface area (Å²) < 4.78 is 14.2. The first-order valence-corrected chi connectivity index (χ1v) is 7.14. The molecular formula is C15H14BrClFN. The maximum atomic E-state index is 13.1. The second-order valence-electron chi connectivity index (χ2n) is 4.30. The van der Waals surface area contributed by atoms with Gasteiger partial charge in [-0.15, -0.1) is 0 Å². The van der Waals surface area contributed by atoms with Gasteiger partial charge < -0.3 is 5.32 Å². The Kier molecular flexibility index (Phi) is 4.97. The second kappa shape index (κ2) is 6.51. The molecule has 0 heterocycles. The molecule has 4 heteroatoms. The van der Waals surface area contributed by atoms with Gasteiger partial charge in [0, 0.05) is 15.5 Å². The normalized spacial score (nSPS) is 12.4. The van der Waals surface area contributed by atoms with Gasteiger partial charge in [0.25, 0.3) is 0 Å². The van der Waals surface area contributed by atoms with Crippen molar-refractivity contribution < 1.29 is 4.39 Å². The van der Waals surface area contributed by atoms with Gasteiger partial charge in [-0.3, -0.25) is 0 Å². The number of nitrogens with one attached hydrogen (secondary N) is 1. The zero-order chi connectivity index (χ0) is 13.8. The van der Waals surface area contributed by atoms with E-state index in [1.807, 2.05) is 25.2 Å². The van der Waals surface area contributed by atoms with Crippen molar-refractivity contribution in [2.24, 2.45) is 0 Å². The van der Waals surface area contributed by atoms with E-state index in [0.717, 1.165) is 16.5 Å². The number of hydrogen-bond donors (Lipinski definition) is 1. The number of likely N-dealkylation sites (N-methyl/N-ethyl adjacent to an activating group) is 1. The van der Waals surface area contributed by atoms with Gasteiger partial charge in [0.2, 0.25) is 0 Å². The fourth-order valence-corrected chi connectivity index (χ4v) is 2.78. The summed E-state index contributed by atoms with van der Waals surface area (Å²) in [5.41, 5.74) is 2.09. The van der Waals surface area contributed by atoms with E-state index in [4.69, 9.17) is 11.6 Å². The van der Waals surface area contributed by atoms with Crippen molar-refractivity contribution in [3.8, 4) is 0 Å². The molecule has 1 nitrogen and oxygen atoms in total. The lowest BCUT2D eigenvalue weighted by Gasteiger charge is -2.19. The minimum Gasteiger partial charge on any atom is -0.313 e. The summed E-state index contributed by atoms with van der Waals surface area (Å²) in [7, 11) is 1.88. The average Bonchev–Trinajstić information content (AvgIpc) is 2.39. The van der Waals surface area contributed by atoms with Crippen molar-refractivity contribution in [1.29, 1.82) is 0 Å². The molecule has 1 atom stereocenters. The number of rotatable bonds is 4. The summed E-state index contributed by atoms with van der Waals surface area (Å²) >= 11 is 9.65. The van der Waals surface area contributed by atoms with E-state index >= 15 is 0 Å². The molecule has 0 spiro atoms. The highest BCUT2D eigenvalue weighted by molar-refractivity contribution is 9.10. The van der Waals surface area contributed by atoms with Gasteiger partial charge in [-0.05, 0) is 42.8 Å². The first-order chi connectivity index (χ1) is 9.11. The Balaban J connectivity index is 2.28. The fourth-order valence-electron chi connectivity index (χ4n) is 2.04. The van der Waals surface area contributed by atoms with Gasteiger partial charge >= 0.3 is 0 Å². The molecule has 0 bridgehead atoms. The molecule has 1 unspecified atom stereocenters. The van der Waals surface area contributed by atoms with Crippen LogP contribution < -0.4 is 5.32 Å². The van der Waals surface area contributed by atoms with Gasteiger partial charge in [0.1, 0.15) is 5.82 Å². The maximum Gasteiger partial charge on any atom is 0.124 e. The van der Waals surface area contributed by atoms with Crippen LogP contribution in [0.1, 0.15) is 17.2 Å². The topological polar surface area (TPSA) is 12.0 Å². The van der Waals surface area contributed by atoms with Crippen LogP contribution in [0.5, 0.6) is 0 Å². The highest BCUT2D eigenvalue weighted by Gasteiger charge is 2.15. The number of hydrogen-bond acceptors (Lipinski definition) is 1. The van der Waals surface area contributed by atoms with E-state index in [-0.39, 0.29) is 11.9 Å². The van der Waals surface area contributed by atoms with Gasteiger partial charge in [0.15, 0.2) is 0 Å². The van der Waals surface area contributed by atoms with Crippen LogP contribution in [-0.4, -0.2) is 7.05 Å². The van der Waals surface area contributed by atoms with Gasteiger partial charge in [-0.25, -0.2) is 4.39 Å². The van der Waals surface area contributed by atoms with Crippen molar-refractivity contribution in [1.82, 2.24) is 5.32 Å². The van der Waals surface area contributed by atoms with Crippen LogP contribution >= 0.6 is 27.5 Å². The van der Waals surface area contributed by atoms with Crippen LogP contribution in [-0.2, 0) is 6.42 Å². The predicted octanol–water partition coefficient (Wildman–Crippen LogP) is 4.74. The molecule has 2 aromatic rings. The van der Waals surface area contributed by atoms with E-state index in [9.17, 15) is 4.39 Å². The lowest BCUT2D eigenvalue weighted by atomic mass is 9.99. The van der Waals surface area contributed by atoms with E-state index in [2.05, 4.69) is 27.3 Å². The van der Waals surface area contributed by atoms with Crippen molar-refractivity contribution >= 4 is 27.5 Å². The van der Waals surface area contributed by atoms with E-state index < -0.39 is 0 Å². The van der Waals surface area contributed by atoms with Crippen molar-refractivity contribution in [3.63, 3.8) is 0 Å². The molecule has 0 aliphatic heterocycles. The lowest BCUT2D eigenvalue weighted by molar-refractivity contribution is 0.585. The van der Waals surface area contributed by atoms with Crippen LogP contribution in [0.3, 0.4) is 0 Å². The summed E-state index contributed by atoms with van der Waals surface area (Å²) in [5.74, 6) is -0.315. The van der Waals surface area contributed by atoms with E-state index in [0.29, 0.717) is 5.02 Å². The number of halogens is 3. The average molecular weight is 343 g/mol. The Morgan fingerprint density at radius 3 is 2.63 bits per heavy atom. The summed E-state index contributed by atoms with van der Waals surface area (Å²) in [6.45, 7) is 0. The van der Waals surface area contributed by atoms with Gasteiger partial charge in [0.05, 0.1) is 0 Å². The molecule has 0 aromatic heterocycles. The second-order valence-corrected chi connectivity index (χ2v) is 5.56. The predicted molar refractivity (Wildman–Crippen MR) is 81.1 cm³/mol. The first kappa shape index (κ1) is 14.5. The molecule has 0 saturated carbocycles. The molecule has 0 fully saturated rings. The molecule has 100 valence electrons. The molecule has 0 saturated heterocycles. The highest BCUT2D eigenvalue weighted by atomic mass is 79.9. The van der Waals surface area contributed by atoms with Crippen LogP contribution in [0.2, 0.25) is 5.02 Å². The van der Waals surface area contributed by atoms with Crippen LogP contribution in [0, 0.1) is 5.82 Å². The van der Waals surface area contributed by atoms with E-state index in [1.165, 1.54) is 17.7 Å². The zero-order valence-corrected chi connectivity index (χ0v) is 12.8. The molecular weight excluding hydrogens is 329 g/mol. The molecule has 2 rings (SSSR count). The highest BCUT2D eigenvalue weighted by Crippen LogP contribution is 2.28. The molecule has 0 radical (unpaired) electrons. The Labute approximate surface area is 125 Å². The third-order valence-corrected chi connectivity index (χ3v) is 4.17. The first-order valence-electron chi connectivity index (χ1n) is 5.97. The Morgan fingerprint density at radius 2 is 2.00 bits per heavy atom. The van der Waals surface area contributed by atoms with Crippen LogP contribution in [0.4, 0.5) is 4.39 Å². The van der Waals surface area contributed by atoms with Crippen LogP contribution in [0.15, 0.2) is 46.9 Å². The summed E-state index contributed by atoms with van der Waals surface area (Å²) in [4.78, 5) is 0. The SMILES string of the molecule is CNC(Cc1ccccc1Br)c1ccc(F)cc1Cl. The van der Waals surface area contributed by atoms with Crippen LogP contribution in [0.25, 0.3) is 0 Å². The lowest BCUT2D eigenvalue weighted by Crippen LogP contribution is -2.19. The summed E-state index contributed by atoms with van der Waals surface area (Å²) in [6.07, 6.45) is 0.781. The third-order valence-electron chi connectivity index (χ3n) is 3.07. The third kappa shape index (κ3) is 3.56. The maximum absolute atomic E-state index is 13.1. The minimum atomic E-state index is -0.315. The summed E-state index contributed by atoms with van der Waals surface area (Å²) in [5, 5.41) is 3.68. The van der Waals surface area contributed by atoms with E-state index in [1.54, 1.807) is 6.07 Å². The minimum absolute atomic E-state index is 0.0480. The largest absolute Gasteiger partial charge is 0.313 e. The molecule has 1 N–H and O–H groups in total.